The largest absolute Gasteiger partial charge is 0.391 e. The Morgan fingerprint density at radius 2 is 2.06 bits per heavy atom. The second kappa shape index (κ2) is 5.33. The van der Waals surface area contributed by atoms with E-state index in [1.807, 2.05) is 0 Å². The molecule has 17 heavy (non-hydrogen) atoms. The summed E-state index contributed by atoms with van der Waals surface area (Å²) in [7, 11) is -3.36. The molecule has 0 fully saturated rings. The highest BCUT2D eigenvalue weighted by atomic mass is 35.5. The summed E-state index contributed by atoms with van der Waals surface area (Å²) < 4.78 is 35.9. The number of aliphatic hydroxyl groups is 1. The van der Waals surface area contributed by atoms with Crippen LogP contribution in [0.5, 0.6) is 0 Å². The molecule has 1 rings (SSSR count). The van der Waals surface area contributed by atoms with Gasteiger partial charge in [-0.15, -0.1) is 0 Å². The van der Waals surface area contributed by atoms with Crippen molar-refractivity contribution in [1.29, 1.82) is 0 Å². The normalized spacial score (nSPS) is 15.6. The van der Waals surface area contributed by atoms with Crippen molar-refractivity contribution < 1.29 is 17.9 Å². The highest BCUT2D eigenvalue weighted by molar-refractivity contribution is 7.91. The van der Waals surface area contributed by atoms with Crippen LogP contribution in [0.3, 0.4) is 0 Å². The maximum Gasteiger partial charge on any atom is 0.152 e. The van der Waals surface area contributed by atoms with Crippen LogP contribution in [-0.2, 0) is 16.3 Å². The Morgan fingerprint density at radius 1 is 1.47 bits per heavy atom. The summed E-state index contributed by atoms with van der Waals surface area (Å²) in [5.74, 6) is -0.544. The second-order valence-electron chi connectivity index (χ2n) is 4.01. The smallest absolute Gasteiger partial charge is 0.152 e. The molecule has 1 N–H and O–H groups in total. The molecule has 0 spiro atoms. The number of benzene rings is 1. The van der Waals surface area contributed by atoms with E-state index in [-0.39, 0.29) is 17.0 Å². The minimum absolute atomic E-state index is 0.125. The van der Waals surface area contributed by atoms with Crippen molar-refractivity contribution in [3.63, 3.8) is 0 Å². The molecule has 0 saturated carbocycles. The van der Waals surface area contributed by atoms with Gasteiger partial charge in [0, 0.05) is 23.3 Å². The van der Waals surface area contributed by atoms with Crippen LogP contribution in [0.4, 0.5) is 4.39 Å². The van der Waals surface area contributed by atoms with E-state index in [9.17, 15) is 17.9 Å². The van der Waals surface area contributed by atoms with Crippen molar-refractivity contribution in [3.05, 3.63) is 34.6 Å². The minimum Gasteiger partial charge on any atom is -0.391 e. The fourth-order valence-corrected chi connectivity index (χ4v) is 2.29. The molecule has 0 saturated heterocycles. The number of halogens is 2. The standard InChI is InChI=1S/C11H14ClFO3S/c1-7(17(2,15)16)11(14)6-8-9(12)4-3-5-10(8)13/h3-5,7,11,14H,6H2,1-2H3. The maximum absolute atomic E-state index is 13.4. The van der Waals surface area contributed by atoms with Gasteiger partial charge in [-0.05, 0) is 19.1 Å². The van der Waals surface area contributed by atoms with E-state index >= 15 is 0 Å². The third-order valence-electron chi connectivity index (χ3n) is 2.69. The van der Waals surface area contributed by atoms with Crippen LogP contribution >= 0.6 is 11.6 Å². The Balaban J connectivity index is 2.92. The predicted molar refractivity (Wildman–Crippen MR) is 65.4 cm³/mol. The molecular formula is C11H14ClFO3S. The SMILES string of the molecule is CC(C(O)Cc1c(F)cccc1Cl)S(C)(=O)=O. The highest BCUT2D eigenvalue weighted by Crippen LogP contribution is 2.22. The quantitative estimate of drug-likeness (QED) is 0.915. The molecule has 1 aromatic carbocycles. The van der Waals surface area contributed by atoms with Crippen LogP contribution in [0, 0.1) is 5.82 Å². The van der Waals surface area contributed by atoms with Gasteiger partial charge >= 0.3 is 0 Å². The molecule has 0 aromatic heterocycles. The first-order valence-electron chi connectivity index (χ1n) is 5.03. The van der Waals surface area contributed by atoms with Gasteiger partial charge in [0.05, 0.1) is 11.4 Å². The van der Waals surface area contributed by atoms with Crippen LogP contribution in [0.25, 0.3) is 0 Å². The zero-order valence-electron chi connectivity index (χ0n) is 9.52. The Morgan fingerprint density at radius 3 is 2.53 bits per heavy atom. The Bertz CT molecular complexity index is 481. The lowest BCUT2D eigenvalue weighted by atomic mass is 10.1. The summed E-state index contributed by atoms with van der Waals surface area (Å²) in [6, 6.07) is 4.17. The lowest BCUT2D eigenvalue weighted by Crippen LogP contribution is -2.32. The number of aliphatic hydroxyl groups excluding tert-OH is 1. The van der Waals surface area contributed by atoms with Gasteiger partial charge in [-0.2, -0.15) is 0 Å². The van der Waals surface area contributed by atoms with Gasteiger partial charge in [-0.25, -0.2) is 12.8 Å². The zero-order chi connectivity index (χ0) is 13.2. The van der Waals surface area contributed by atoms with Crippen molar-refractivity contribution in [1.82, 2.24) is 0 Å². The average molecular weight is 281 g/mol. The zero-order valence-corrected chi connectivity index (χ0v) is 11.1. The molecule has 0 amide bonds. The van der Waals surface area contributed by atoms with E-state index in [4.69, 9.17) is 11.6 Å². The Labute approximate surface area is 105 Å². The first kappa shape index (κ1) is 14.4. The molecule has 96 valence electrons. The van der Waals surface area contributed by atoms with Crippen molar-refractivity contribution in [3.8, 4) is 0 Å². The number of hydrogen-bond donors (Lipinski definition) is 1. The lowest BCUT2D eigenvalue weighted by molar-refractivity contribution is 0.172. The van der Waals surface area contributed by atoms with E-state index in [1.165, 1.54) is 25.1 Å². The van der Waals surface area contributed by atoms with Crippen LogP contribution < -0.4 is 0 Å². The first-order valence-corrected chi connectivity index (χ1v) is 7.36. The molecule has 2 atom stereocenters. The Kier molecular flexibility index (Phi) is 4.52. The van der Waals surface area contributed by atoms with Crippen LogP contribution in [0.15, 0.2) is 18.2 Å². The van der Waals surface area contributed by atoms with Crippen molar-refractivity contribution in [2.45, 2.75) is 24.7 Å². The lowest BCUT2D eigenvalue weighted by Gasteiger charge is -2.18. The van der Waals surface area contributed by atoms with Gasteiger partial charge in [0.25, 0.3) is 0 Å². The first-order chi connectivity index (χ1) is 7.73. The number of sulfone groups is 1. The third kappa shape index (κ3) is 3.66. The van der Waals surface area contributed by atoms with E-state index in [1.54, 1.807) is 0 Å². The van der Waals surface area contributed by atoms with Gasteiger partial charge in [0.2, 0.25) is 0 Å². The predicted octanol–water partition coefficient (Wildman–Crippen LogP) is 1.82. The van der Waals surface area contributed by atoms with E-state index in [2.05, 4.69) is 0 Å². The molecule has 3 nitrogen and oxygen atoms in total. The molecule has 0 heterocycles. The van der Waals surface area contributed by atoms with Crippen LogP contribution in [0.2, 0.25) is 5.02 Å². The summed E-state index contributed by atoms with van der Waals surface area (Å²) in [5.41, 5.74) is 0.136. The fraction of sp³-hybridized carbons (Fsp3) is 0.455. The van der Waals surface area contributed by atoms with Crippen LogP contribution in [-0.4, -0.2) is 31.1 Å². The van der Waals surface area contributed by atoms with Gasteiger partial charge in [-0.3, -0.25) is 0 Å². The summed E-state index contributed by atoms with van der Waals surface area (Å²) >= 11 is 5.79. The molecule has 1 aromatic rings. The molecule has 0 aliphatic rings. The van der Waals surface area contributed by atoms with Crippen molar-refractivity contribution in [2.24, 2.45) is 0 Å². The molecule has 0 radical (unpaired) electrons. The van der Waals surface area contributed by atoms with Crippen molar-refractivity contribution >= 4 is 21.4 Å². The number of rotatable bonds is 4. The molecule has 0 aliphatic heterocycles. The molecule has 6 heteroatoms. The molecule has 0 aliphatic carbocycles. The Hall–Kier alpha value is -0.650. The van der Waals surface area contributed by atoms with Gasteiger partial charge in [-0.1, -0.05) is 17.7 Å². The van der Waals surface area contributed by atoms with E-state index in [0.29, 0.717) is 0 Å². The van der Waals surface area contributed by atoms with E-state index in [0.717, 1.165) is 6.26 Å². The molecule has 2 unspecified atom stereocenters. The topological polar surface area (TPSA) is 54.4 Å². The summed E-state index contributed by atoms with van der Waals surface area (Å²) in [6.45, 7) is 1.38. The number of hydrogen-bond acceptors (Lipinski definition) is 3. The van der Waals surface area contributed by atoms with Crippen molar-refractivity contribution in [2.75, 3.05) is 6.26 Å². The van der Waals surface area contributed by atoms with Crippen LogP contribution in [0.1, 0.15) is 12.5 Å². The monoisotopic (exact) mass is 280 g/mol. The second-order valence-corrected chi connectivity index (χ2v) is 6.82. The summed E-state index contributed by atoms with van der Waals surface area (Å²) in [6.07, 6.45) is -0.275. The maximum atomic E-state index is 13.4. The summed E-state index contributed by atoms with van der Waals surface area (Å²) in [5, 5.41) is 8.98. The van der Waals surface area contributed by atoms with E-state index < -0.39 is 27.0 Å². The fourth-order valence-electron chi connectivity index (χ4n) is 1.39. The third-order valence-corrected chi connectivity index (χ3v) is 4.71. The van der Waals surface area contributed by atoms with Gasteiger partial charge < -0.3 is 5.11 Å². The van der Waals surface area contributed by atoms with Gasteiger partial charge in [0.1, 0.15) is 5.82 Å². The molecule has 0 bridgehead atoms. The molecular weight excluding hydrogens is 267 g/mol. The average Bonchev–Trinajstić information content (AvgIpc) is 2.21. The van der Waals surface area contributed by atoms with Gasteiger partial charge in [0.15, 0.2) is 9.84 Å². The summed E-state index contributed by atoms with van der Waals surface area (Å²) in [4.78, 5) is 0. The minimum atomic E-state index is -3.36. The highest BCUT2D eigenvalue weighted by Gasteiger charge is 2.25.